The molecule has 0 aromatic heterocycles. The largest absolute Gasteiger partial charge is 0.394 e. The average molecular weight is 331 g/mol. The number of benzene rings is 1. The third kappa shape index (κ3) is 3.87. The Balaban J connectivity index is 1.91. The lowest BCUT2D eigenvalue weighted by Crippen LogP contribution is -2.43. The van der Waals surface area contributed by atoms with Gasteiger partial charge >= 0.3 is 0 Å². The van der Waals surface area contributed by atoms with Crippen LogP contribution in [0.4, 0.5) is 0 Å². The van der Waals surface area contributed by atoms with Gasteiger partial charge in [0.25, 0.3) is 5.91 Å². The van der Waals surface area contributed by atoms with Gasteiger partial charge in [-0.2, -0.15) is 0 Å². The number of likely N-dealkylation sites (tertiary alicyclic amines) is 1. The molecule has 0 bridgehead atoms. The highest BCUT2D eigenvalue weighted by molar-refractivity contribution is 6.42. The third-order valence-corrected chi connectivity index (χ3v) is 4.23. The third-order valence-electron chi connectivity index (χ3n) is 3.49. The zero-order valence-electron chi connectivity index (χ0n) is 11.3. The smallest absolute Gasteiger partial charge is 0.251 e. The molecule has 2 N–H and O–H groups in total. The number of amides is 2. The molecule has 21 heavy (non-hydrogen) atoms. The first kappa shape index (κ1) is 16.1. The minimum absolute atomic E-state index is 0.0491. The van der Waals surface area contributed by atoms with E-state index < -0.39 is 0 Å². The number of carbonyl (C=O) groups is 2. The first-order valence-electron chi connectivity index (χ1n) is 6.66. The van der Waals surface area contributed by atoms with E-state index in [1.165, 1.54) is 12.1 Å². The Morgan fingerprint density at radius 2 is 2.10 bits per heavy atom. The summed E-state index contributed by atoms with van der Waals surface area (Å²) >= 11 is 11.6. The topological polar surface area (TPSA) is 69.6 Å². The standard InChI is InChI=1S/C14H16Cl2N2O3/c15-11-4-3-9(6-12(11)16)14(21)17-7-13(20)18-5-1-2-10(18)8-19/h3-4,6,10,19H,1-2,5,7-8H2,(H,17,21)/t10-/m1/s1. The summed E-state index contributed by atoms with van der Waals surface area (Å²) in [5, 5.41) is 12.4. The summed E-state index contributed by atoms with van der Waals surface area (Å²) in [5.41, 5.74) is 0.345. The fraction of sp³-hybridized carbons (Fsp3) is 0.429. The predicted octanol–water partition coefficient (Wildman–Crippen LogP) is 1.71. The van der Waals surface area contributed by atoms with E-state index in [4.69, 9.17) is 23.2 Å². The predicted molar refractivity (Wildman–Crippen MR) is 80.6 cm³/mol. The normalized spacial score (nSPS) is 17.9. The van der Waals surface area contributed by atoms with Crippen LogP contribution in [0.2, 0.25) is 10.0 Å². The van der Waals surface area contributed by atoms with Crippen molar-refractivity contribution in [2.75, 3.05) is 19.7 Å². The van der Waals surface area contributed by atoms with Crippen molar-refractivity contribution < 1.29 is 14.7 Å². The molecule has 2 rings (SSSR count). The highest BCUT2D eigenvalue weighted by Crippen LogP contribution is 2.22. The number of nitrogens with one attached hydrogen (secondary N) is 1. The minimum Gasteiger partial charge on any atom is -0.394 e. The van der Waals surface area contributed by atoms with E-state index in [-0.39, 0.29) is 36.0 Å². The lowest BCUT2D eigenvalue weighted by Gasteiger charge is -2.23. The maximum Gasteiger partial charge on any atom is 0.251 e. The van der Waals surface area contributed by atoms with Crippen molar-refractivity contribution in [3.05, 3.63) is 33.8 Å². The van der Waals surface area contributed by atoms with E-state index in [1.54, 1.807) is 11.0 Å². The van der Waals surface area contributed by atoms with Crippen LogP contribution in [0.25, 0.3) is 0 Å². The molecular formula is C14H16Cl2N2O3. The van der Waals surface area contributed by atoms with Crippen molar-refractivity contribution in [1.82, 2.24) is 10.2 Å². The minimum atomic E-state index is -0.387. The summed E-state index contributed by atoms with van der Waals surface area (Å²) < 4.78 is 0. The Morgan fingerprint density at radius 3 is 2.76 bits per heavy atom. The number of hydrogen-bond acceptors (Lipinski definition) is 3. The molecule has 1 fully saturated rings. The number of halogens is 2. The molecule has 1 atom stereocenters. The summed E-state index contributed by atoms with van der Waals surface area (Å²) in [4.78, 5) is 25.6. The van der Waals surface area contributed by atoms with Crippen LogP contribution >= 0.6 is 23.2 Å². The lowest BCUT2D eigenvalue weighted by molar-refractivity contribution is -0.131. The Kier molecular flexibility index (Phi) is 5.45. The molecule has 114 valence electrons. The van der Waals surface area contributed by atoms with E-state index in [2.05, 4.69) is 5.32 Å². The number of aliphatic hydroxyl groups is 1. The molecule has 1 aromatic rings. The summed E-state index contributed by atoms with van der Waals surface area (Å²) in [6.07, 6.45) is 1.67. The van der Waals surface area contributed by atoms with E-state index >= 15 is 0 Å². The zero-order valence-corrected chi connectivity index (χ0v) is 12.8. The van der Waals surface area contributed by atoms with Crippen molar-refractivity contribution in [2.24, 2.45) is 0 Å². The highest BCUT2D eigenvalue weighted by atomic mass is 35.5. The van der Waals surface area contributed by atoms with Crippen LogP contribution in [0.3, 0.4) is 0 Å². The van der Waals surface area contributed by atoms with Crippen LogP contribution < -0.4 is 5.32 Å². The number of rotatable bonds is 4. The van der Waals surface area contributed by atoms with Crippen molar-refractivity contribution in [3.63, 3.8) is 0 Å². The molecule has 1 aliphatic rings. The van der Waals surface area contributed by atoms with Crippen LogP contribution in [0.5, 0.6) is 0 Å². The molecule has 1 heterocycles. The number of nitrogens with zero attached hydrogens (tertiary/aromatic N) is 1. The van der Waals surface area contributed by atoms with Gasteiger partial charge in [0.15, 0.2) is 0 Å². The number of aliphatic hydroxyl groups excluding tert-OH is 1. The van der Waals surface area contributed by atoms with Gasteiger partial charge in [0.1, 0.15) is 0 Å². The van der Waals surface area contributed by atoms with Gasteiger partial charge in [-0.1, -0.05) is 23.2 Å². The van der Waals surface area contributed by atoms with Crippen LogP contribution in [0.15, 0.2) is 18.2 Å². The van der Waals surface area contributed by atoms with Crippen LogP contribution in [0, 0.1) is 0 Å². The van der Waals surface area contributed by atoms with Gasteiger partial charge in [-0.15, -0.1) is 0 Å². The van der Waals surface area contributed by atoms with Crippen LogP contribution in [-0.2, 0) is 4.79 Å². The maximum atomic E-state index is 12.0. The summed E-state index contributed by atoms with van der Waals surface area (Å²) in [5.74, 6) is -0.582. The fourth-order valence-electron chi connectivity index (χ4n) is 2.35. The second-order valence-electron chi connectivity index (χ2n) is 4.88. The Morgan fingerprint density at radius 1 is 1.33 bits per heavy atom. The molecule has 0 spiro atoms. The van der Waals surface area contributed by atoms with E-state index in [9.17, 15) is 14.7 Å². The molecule has 1 aliphatic heterocycles. The number of hydrogen-bond donors (Lipinski definition) is 2. The molecule has 0 aliphatic carbocycles. The Labute approximate surface area is 132 Å². The van der Waals surface area contributed by atoms with E-state index in [0.717, 1.165) is 12.8 Å². The molecule has 0 saturated carbocycles. The molecule has 2 amide bonds. The van der Waals surface area contributed by atoms with Crippen LogP contribution in [0.1, 0.15) is 23.2 Å². The molecule has 0 radical (unpaired) electrons. The lowest BCUT2D eigenvalue weighted by atomic mass is 10.2. The molecule has 5 nitrogen and oxygen atoms in total. The van der Waals surface area contributed by atoms with Gasteiger partial charge < -0.3 is 15.3 Å². The SMILES string of the molecule is O=C(NCC(=O)N1CCC[C@@H]1CO)c1ccc(Cl)c(Cl)c1. The summed E-state index contributed by atoms with van der Waals surface area (Å²) in [7, 11) is 0. The van der Waals surface area contributed by atoms with Crippen molar-refractivity contribution in [3.8, 4) is 0 Å². The monoisotopic (exact) mass is 330 g/mol. The second-order valence-corrected chi connectivity index (χ2v) is 5.69. The first-order chi connectivity index (χ1) is 10.0. The van der Waals surface area contributed by atoms with Gasteiger partial charge in [-0.3, -0.25) is 9.59 Å². The Bertz CT molecular complexity index is 551. The second kappa shape index (κ2) is 7.11. The van der Waals surface area contributed by atoms with Crippen molar-refractivity contribution in [2.45, 2.75) is 18.9 Å². The van der Waals surface area contributed by atoms with Crippen LogP contribution in [-0.4, -0.2) is 47.6 Å². The van der Waals surface area contributed by atoms with Gasteiger partial charge in [0.05, 0.1) is 29.2 Å². The summed E-state index contributed by atoms with van der Waals surface area (Å²) in [6, 6.07) is 4.39. The van der Waals surface area contributed by atoms with E-state index in [1.807, 2.05) is 0 Å². The first-order valence-corrected chi connectivity index (χ1v) is 7.42. The zero-order chi connectivity index (χ0) is 15.4. The van der Waals surface area contributed by atoms with Crippen molar-refractivity contribution >= 4 is 35.0 Å². The maximum absolute atomic E-state index is 12.0. The number of carbonyl (C=O) groups excluding carboxylic acids is 2. The summed E-state index contributed by atoms with van der Waals surface area (Å²) in [6.45, 7) is 0.467. The van der Waals surface area contributed by atoms with Gasteiger partial charge in [-0.25, -0.2) is 0 Å². The fourth-order valence-corrected chi connectivity index (χ4v) is 2.65. The molecular weight excluding hydrogens is 315 g/mol. The van der Waals surface area contributed by atoms with Gasteiger partial charge in [-0.05, 0) is 31.0 Å². The van der Waals surface area contributed by atoms with E-state index in [0.29, 0.717) is 17.1 Å². The molecule has 1 aromatic carbocycles. The molecule has 1 saturated heterocycles. The Hall–Kier alpha value is -1.30. The molecule has 7 heteroatoms. The highest BCUT2D eigenvalue weighted by Gasteiger charge is 2.27. The average Bonchev–Trinajstić information content (AvgIpc) is 2.95. The van der Waals surface area contributed by atoms with Crippen molar-refractivity contribution in [1.29, 1.82) is 0 Å². The van der Waals surface area contributed by atoms with Gasteiger partial charge in [0, 0.05) is 12.1 Å². The molecule has 0 unspecified atom stereocenters. The quantitative estimate of drug-likeness (QED) is 0.882. The van der Waals surface area contributed by atoms with Gasteiger partial charge in [0.2, 0.25) is 5.91 Å².